The Morgan fingerprint density at radius 2 is 1.24 bits per heavy atom. The maximum Gasteiger partial charge on any atom is 0.328 e. The third kappa shape index (κ3) is 16.4. The largest absolute Gasteiger partial charge is 0.478 e. The molecule has 0 aromatic heterocycles. The summed E-state index contributed by atoms with van der Waals surface area (Å²) < 4.78 is 0. The number of nitrogens with zero attached hydrogens (tertiary/aromatic N) is 1. The lowest BCUT2D eigenvalue weighted by Gasteiger charge is -2.35. The summed E-state index contributed by atoms with van der Waals surface area (Å²) in [6.45, 7) is 9.23. The Kier molecular flexibility index (Phi) is 16.7. The van der Waals surface area contributed by atoms with Crippen LogP contribution in [0.1, 0.15) is 38.7 Å². The Labute approximate surface area is 240 Å². The van der Waals surface area contributed by atoms with Gasteiger partial charge < -0.3 is 25.7 Å². The average molecular weight is 569 g/mol. The molecule has 1 heterocycles. The number of rotatable bonds is 11. The zero-order valence-electron chi connectivity index (χ0n) is 23.5. The molecule has 0 unspecified atom stereocenters. The summed E-state index contributed by atoms with van der Waals surface area (Å²) in [6, 6.07) is 20.5. The first-order chi connectivity index (χ1) is 19.5. The summed E-state index contributed by atoms with van der Waals surface area (Å²) in [5, 5.41) is 34.8. The van der Waals surface area contributed by atoms with Gasteiger partial charge in [-0.2, -0.15) is 0 Å². The van der Waals surface area contributed by atoms with Crippen molar-refractivity contribution < 1.29 is 39.6 Å². The standard InChI is InChI=1S/C23H32N2.2C4H4O4/c1-19(2)14-17-25(22-12-15-24-16-13-22)18-21-10-6-7-11-23(21)20-8-4-3-5-9-20;2*5-3(6)1-2-4(7)8/h3-11,19,22,24H,12-18H2,1-2H3;2*1-2H,(H,5,6)(H,7,8)/b;2*2-1+. The van der Waals surface area contributed by atoms with Crippen molar-refractivity contribution in [3.63, 3.8) is 0 Å². The average Bonchev–Trinajstić information content (AvgIpc) is 2.95. The highest BCUT2D eigenvalue weighted by molar-refractivity contribution is 5.90. The molecule has 41 heavy (non-hydrogen) atoms. The first-order valence-corrected chi connectivity index (χ1v) is 13.4. The van der Waals surface area contributed by atoms with Crippen molar-refractivity contribution in [3.05, 3.63) is 84.5 Å². The van der Waals surface area contributed by atoms with Gasteiger partial charge in [0.25, 0.3) is 0 Å². The van der Waals surface area contributed by atoms with Gasteiger partial charge in [0.2, 0.25) is 0 Å². The lowest BCUT2D eigenvalue weighted by atomic mass is 9.97. The molecule has 3 rings (SSSR count). The number of carbonyl (C=O) groups is 4. The van der Waals surface area contributed by atoms with Crippen molar-refractivity contribution in [1.82, 2.24) is 10.2 Å². The third-order valence-electron chi connectivity index (χ3n) is 6.03. The summed E-state index contributed by atoms with van der Waals surface area (Å²) in [5.74, 6) is -4.27. The molecule has 0 saturated carbocycles. The lowest BCUT2D eigenvalue weighted by Crippen LogP contribution is -2.43. The van der Waals surface area contributed by atoms with E-state index in [2.05, 4.69) is 78.7 Å². The lowest BCUT2D eigenvalue weighted by molar-refractivity contribution is -0.134. The molecule has 0 amide bonds. The fraction of sp³-hybridized carbons (Fsp3) is 0.355. The van der Waals surface area contributed by atoms with Crippen LogP contribution < -0.4 is 5.32 Å². The summed E-state index contributed by atoms with van der Waals surface area (Å²) in [7, 11) is 0. The fourth-order valence-corrected chi connectivity index (χ4v) is 4.05. The maximum atomic E-state index is 9.55. The highest BCUT2D eigenvalue weighted by Gasteiger charge is 2.22. The van der Waals surface area contributed by atoms with E-state index in [1.54, 1.807) is 0 Å². The zero-order valence-corrected chi connectivity index (χ0v) is 23.5. The predicted octanol–water partition coefficient (Wildman–Crippen LogP) is 4.38. The molecule has 0 radical (unpaired) electrons. The van der Waals surface area contributed by atoms with E-state index in [1.807, 2.05) is 0 Å². The van der Waals surface area contributed by atoms with Crippen LogP contribution >= 0.6 is 0 Å². The Bertz CT molecular complexity index is 1090. The smallest absolute Gasteiger partial charge is 0.328 e. The number of carboxylic acid groups (broad SMARTS) is 4. The summed E-state index contributed by atoms with van der Waals surface area (Å²) in [4.78, 5) is 41.0. The van der Waals surface area contributed by atoms with Gasteiger partial charge in [-0.1, -0.05) is 68.4 Å². The van der Waals surface area contributed by atoms with Crippen molar-refractivity contribution in [2.45, 2.75) is 45.7 Å². The second-order valence-corrected chi connectivity index (χ2v) is 9.68. The number of carboxylic acids is 4. The number of aliphatic carboxylic acids is 4. The fourth-order valence-electron chi connectivity index (χ4n) is 4.05. The van der Waals surface area contributed by atoms with Gasteiger partial charge in [0, 0.05) is 36.9 Å². The number of nitrogens with one attached hydrogen (secondary N) is 1. The minimum absolute atomic E-state index is 0.558. The van der Waals surface area contributed by atoms with Gasteiger partial charge in [-0.05, 0) is 61.5 Å². The van der Waals surface area contributed by atoms with Gasteiger partial charge in [-0.15, -0.1) is 0 Å². The van der Waals surface area contributed by atoms with Crippen LogP contribution in [0.4, 0.5) is 0 Å². The topological polar surface area (TPSA) is 164 Å². The third-order valence-corrected chi connectivity index (χ3v) is 6.03. The van der Waals surface area contributed by atoms with Gasteiger partial charge in [0.15, 0.2) is 0 Å². The first-order valence-electron chi connectivity index (χ1n) is 13.4. The van der Waals surface area contributed by atoms with Crippen LogP contribution in [0.2, 0.25) is 0 Å². The molecule has 2 aromatic carbocycles. The first kappa shape index (κ1) is 34.7. The Morgan fingerprint density at radius 1 is 0.780 bits per heavy atom. The SMILES string of the molecule is CC(C)CCN(Cc1ccccc1-c1ccccc1)C1CCNCC1.O=C(O)/C=C/C(=O)O.O=C(O)/C=C/C(=O)O. The van der Waals surface area contributed by atoms with Crippen molar-refractivity contribution in [2.24, 2.45) is 5.92 Å². The normalized spacial score (nSPS) is 13.4. The molecule has 0 spiro atoms. The van der Waals surface area contributed by atoms with Crippen LogP contribution in [0.5, 0.6) is 0 Å². The van der Waals surface area contributed by atoms with E-state index in [4.69, 9.17) is 20.4 Å². The molecular weight excluding hydrogens is 528 g/mol. The van der Waals surface area contributed by atoms with Crippen LogP contribution in [0.25, 0.3) is 11.1 Å². The predicted molar refractivity (Wildman–Crippen MR) is 156 cm³/mol. The molecule has 1 saturated heterocycles. The molecule has 1 aliphatic rings. The van der Waals surface area contributed by atoms with E-state index in [1.165, 1.54) is 42.5 Å². The second kappa shape index (κ2) is 19.7. The molecule has 0 aliphatic carbocycles. The molecule has 1 fully saturated rings. The summed E-state index contributed by atoms with van der Waals surface area (Å²) in [6.07, 6.45) is 6.05. The Balaban J connectivity index is 0.000000433. The van der Waals surface area contributed by atoms with Crippen molar-refractivity contribution in [1.29, 1.82) is 0 Å². The number of hydrogen-bond acceptors (Lipinski definition) is 6. The van der Waals surface area contributed by atoms with Crippen LogP contribution in [-0.4, -0.2) is 74.9 Å². The molecule has 222 valence electrons. The number of piperidine rings is 1. The highest BCUT2D eigenvalue weighted by Crippen LogP contribution is 2.26. The Morgan fingerprint density at radius 3 is 1.71 bits per heavy atom. The van der Waals surface area contributed by atoms with E-state index in [0.29, 0.717) is 30.3 Å². The molecule has 0 atom stereocenters. The quantitative estimate of drug-likeness (QED) is 0.246. The van der Waals surface area contributed by atoms with Crippen LogP contribution in [-0.2, 0) is 25.7 Å². The maximum absolute atomic E-state index is 9.55. The van der Waals surface area contributed by atoms with Gasteiger partial charge in [0.1, 0.15) is 0 Å². The zero-order chi connectivity index (χ0) is 30.6. The van der Waals surface area contributed by atoms with E-state index in [-0.39, 0.29) is 0 Å². The van der Waals surface area contributed by atoms with Gasteiger partial charge in [0.05, 0.1) is 0 Å². The van der Waals surface area contributed by atoms with E-state index >= 15 is 0 Å². The molecule has 0 bridgehead atoms. The van der Waals surface area contributed by atoms with Gasteiger partial charge in [-0.3, -0.25) is 4.90 Å². The van der Waals surface area contributed by atoms with Crippen molar-refractivity contribution in [3.8, 4) is 11.1 Å². The molecule has 5 N–H and O–H groups in total. The molecule has 1 aliphatic heterocycles. The van der Waals surface area contributed by atoms with Crippen molar-refractivity contribution in [2.75, 3.05) is 19.6 Å². The molecular formula is C31H40N2O8. The van der Waals surface area contributed by atoms with Crippen molar-refractivity contribution >= 4 is 23.9 Å². The van der Waals surface area contributed by atoms with Crippen LogP contribution in [0, 0.1) is 5.92 Å². The summed E-state index contributed by atoms with van der Waals surface area (Å²) >= 11 is 0. The van der Waals surface area contributed by atoms with Crippen LogP contribution in [0.15, 0.2) is 78.9 Å². The highest BCUT2D eigenvalue weighted by atomic mass is 16.4. The van der Waals surface area contributed by atoms with Crippen LogP contribution in [0.3, 0.4) is 0 Å². The number of hydrogen-bond donors (Lipinski definition) is 5. The van der Waals surface area contributed by atoms with E-state index in [9.17, 15) is 19.2 Å². The van der Waals surface area contributed by atoms with Gasteiger partial charge in [-0.25, -0.2) is 19.2 Å². The molecule has 2 aromatic rings. The van der Waals surface area contributed by atoms with Gasteiger partial charge >= 0.3 is 23.9 Å². The molecule has 10 heteroatoms. The summed E-state index contributed by atoms with van der Waals surface area (Å²) in [5.41, 5.74) is 4.16. The molecule has 10 nitrogen and oxygen atoms in total. The minimum atomic E-state index is -1.26. The number of benzene rings is 2. The Hall–Kier alpha value is -4.28. The van der Waals surface area contributed by atoms with E-state index < -0.39 is 23.9 Å². The monoisotopic (exact) mass is 568 g/mol. The minimum Gasteiger partial charge on any atom is -0.478 e. The second-order valence-electron chi connectivity index (χ2n) is 9.68. The van der Waals surface area contributed by atoms with E-state index in [0.717, 1.165) is 25.6 Å².